The summed E-state index contributed by atoms with van der Waals surface area (Å²) in [5.74, 6) is 0. The number of hydrogen-bond acceptors (Lipinski definition) is 1. The second-order valence-electron chi connectivity index (χ2n) is 7.11. The summed E-state index contributed by atoms with van der Waals surface area (Å²) in [6.07, 6.45) is 26.3. The van der Waals surface area contributed by atoms with Gasteiger partial charge in [-0.05, 0) is 18.4 Å². The monoisotopic (exact) mass is 321 g/mol. The normalized spacial score (nSPS) is 10.8. The second-order valence-corrected chi connectivity index (χ2v) is 7.11. The molecule has 0 heterocycles. The van der Waals surface area contributed by atoms with Crippen molar-refractivity contribution in [2.45, 2.75) is 122 Å². The maximum atomic E-state index is 10.3. The van der Waals surface area contributed by atoms with E-state index < -0.39 is 0 Å². The van der Waals surface area contributed by atoms with Crippen molar-refractivity contribution >= 4 is 6.29 Å². The number of hydrogen-bond donors (Lipinski definition) is 0. The fourth-order valence-corrected chi connectivity index (χ4v) is 3.11. The lowest BCUT2D eigenvalue weighted by Gasteiger charge is -2.03. The second kappa shape index (κ2) is 19.5. The van der Waals surface area contributed by atoms with Crippen molar-refractivity contribution in [1.29, 1.82) is 0 Å². The summed E-state index contributed by atoms with van der Waals surface area (Å²) in [4.78, 5) is 10.3. The van der Waals surface area contributed by atoms with Gasteiger partial charge in [-0.1, -0.05) is 116 Å². The van der Waals surface area contributed by atoms with Gasteiger partial charge in [0.1, 0.15) is 0 Å². The topological polar surface area (TPSA) is 17.1 Å². The first-order valence-electron chi connectivity index (χ1n) is 10.4. The highest BCUT2D eigenvalue weighted by Crippen LogP contribution is 2.14. The molecular weight excluding hydrogens is 280 g/mol. The summed E-state index contributed by atoms with van der Waals surface area (Å²) in [6, 6.07) is 0. The molecular formula is C22H41O. The van der Waals surface area contributed by atoms with E-state index in [1.807, 2.05) is 6.29 Å². The first-order chi connectivity index (χ1) is 11.3. The lowest BCUT2D eigenvalue weighted by Crippen LogP contribution is -1.85. The first kappa shape index (κ1) is 22.4. The van der Waals surface area contributed by atoms with E-state index in [9.17, 15) is 4.79 Å². The van der Waals surface area contributed by atoms with Crippen LogP contribution in [0.3, 0.4) is 0 Å². The van der Waals surface area contributed by atoms with E-state index in [1.165, 1.54) is 103 Å². The van der Waals surface area contributed by atoms with Crippen molar-refractivity contribution in [2.24, 2.45) is 0 Å². The Morgan fingerprint density at radius 1 is 0.609 bits per heavy atom. The smallest absolute Gasteiger partial charge is 0.228 e. The molecule has 0 bridgehead atoms. The Labute approximate surface area is 146 Å². The van der Waals surface area contributed by atoms with Crippen molar-refractivity contribution in [3.05, 3.63) is 12.2 Å². The van der Waals surface area contributed by atoms with E-state index in [1.54, 1.807) is 0 Å². The van der Waals surface area contributed by atoms with Crippen molar-refractivity contribution in [2.75, 3.05) is 0 Å². The Morgan fingerprint density at radius 3 is 1.22 bits per heavy atom. The van der Waals surface area contributed by atoms with E-state index in [0.29, 0.717) is 5.57 Å². The molecule has 0 N–H and O–H groups in total. The van der Waals surface area contributed by atoms with Gasteiger partial charge in [-0.25, -0.2) is 0 Å². The highest BCUT2D eigenvalue weighted by atomic mass is 16.1. The molecule has 0 amide bonds. The Kier molecular flexibility index (Phi) is 19.0. The lowest BCUT2D eigenvalue weighted by molar-refractivity contribution is 0.527. The summed E-state index contributed by atoms with van der Waals surface area (Å²) in [6.45, 7) is 5.94. The third-order valence-electron chi connectivity index (χ3n) is 4.73. The summed E-state index contributed by atoms with van der Waals surface area (Å²) < 4.78 is 0. The van der Waals surface area contributed by atoms with Crippen LogP contribution in [0, 0.1) is 0 Å². The average molecular weight is 322 g/mol. The Balaban J connectivity index is 3.00. The molecule has 0 spiro atoms. The molecule has 1 radical (unpaired) electrons. The first-order valence-corrected chi connectivity index (χ1v) is 10.4. The zero-order valence-corrected chi connectivity index (χ0v) is 15.8. The van der Waals surface area contributed by atoms with Gasteiger partial charge in [-0.15, -0.1) is 0 Å². The Bertz CT molecular complexity index is 257. The quantitative estimate of drug-likeness (QED) is 0.176. The van der Waals surface area contributed by atoms with Gasteiger partial charge in [0.15, 0.2) is 0 Å². The molecule has 1 heteroatoms. The molecule has 0 aromatic rings. The molecule has 135 valence electrons. The lowest BCUT2D eigenvalue weighted by atomic mass is 10.0. The van der Waals surface area contributed by atoms with Gasteiger partial charge in [0.2, 0.25) is 6.29 Å². The summed E-state index contributed by atoms with van der Waals surface area (Å²) in [5, 5.41) is 0. The maximum absolute atomic E-state index is 10.3. The zero-order chi connectivity index (χ0) is 17.0. The third kappa shape index (κ3) is 19.4. The van der Waals surface area contributed by atoms with E-state index in [0.717, 1.165) is 12.8 Å². The molecule has 0 fully saturated rings. The third-order valence-corrected chi connectivity index (χ3v) is 4.73. The molecule has 0 unspecified atom stereocenters. The van der Waals surface area contributed by atoms with Crippen LogP contribution in [0.2, 0.25) is 0 Å². The van der Waals surface area contributed by atoms with Crippen LogP contribution >= 0.6 is 0 Å². The predicted octanol–water partition coefficient (Wildman–Crippen LogP) is 7.69. The highest BCUT2D eigenvalue weighted by Gasteiger charge is 1.96. The van der Waals surface area contributed by atoms with Crippen LogP contribution in [0.4, 0.5) is 0 Å². The Morgan fingerprint density at radius 2 is 0.913 bits per heavy atom. The SMILES string of the molecule is C=C([C]=O)CCCCCCCCCCCCCCCCCCC. The highest BCUT2D eigenvalue weighted by molar-refractivity contribution is 5.72. The molecule has 0 aromatic heterocycles. The van der Waals surface area contributed by atoms with E-state index in [4.69, 9.17) is 0 Å². The fraction of sp³-hybridized carbons (Fsp3) is 0.864. The molecule has 0 saturated heterocycles. The minimum absolute atomic E-state index is 0.631. The molecule has 0 atom stereocenters. The zero-order valence-electron chi connectivity index (χ0n) is 15.8. The van der Waals surface area contributed by atoms with Crippen LogP contribution in [0.25, 0.3) is 0 Å². The average Bonchev–Trinajstić information content (AvgIpc) is 2.57. The van der Waals surface area contributed by atoms with Gasteiger partial charge in [-0.3, -0.25) is 4.79 Å². The fourth-order valence-electron chi connectivity index (χ4n) is 3.11. The van der Waals surface area contributed by atoms with Gasteiger partial charge >= 0.3 is 0 Å². The molecule has 0 aliphatic heterocycles. The van der Waals surface area contributed by atoms with Gasteiger partial charge in [0, 0.05) is 0 Å². The van der Waals surface area contributed by atoms with Crippen molar-refractivity contribution < 1.29 is 4.79 Å². The maximum Gasteiger partial charge on any atom is 0.228 e. The van der Waals surface area contributed by atoms with E-state index >= 15 is 0 Å². The van der Waals surface area contributed by atoms with Crippen LogP contribution in [0.5, 0.6) is 0 Å². The van der Waals surface area contributed by atoms with Gasteiger partial charge in [-0.2, -0.15) is 0 Å². The van der Waals surface area contributed by atoms with Gasteiger partial charge in [0.25, 0.3) is 0 Å². The van der Waals surface area contributed by atoms with Crippen LogP contribution < -0.4 is 0 Å². The van der Waals surface area contributed by atoms with Gasteiger partial charge in [0.05, 0.1) is 0 Å². The van der Waals surface area contributed by atoms with Crippen molar-refractivity contribution in [3.8, 4) is 0 Å². The largest absolute Gasteiger partial charge is 0.285 e. The van der Waals surface area contributed by atoms with Crippen LogP contribution in [-0.4, -0.2) is 6.29 Å². The summed E-state index contributed by atoms with van der Waals surface area (Å²) in [7, 11) is 0. The van der Waals surface area contributed by atoms with Crippen LogP contribution in [-0.2, 0) is 4.79 Å². The van der Waals surface area contributed by atoms with E-state index in [-0.39, 0.29) is 0 Å². The summed E-state index contributed by atoms with van der Waals surface area (Å²) >= 11 is 0. The predicted molar refractivity (Wildman–Crippen MR) is 104 cm³/mol. The van der Waals surface area contributed by atoms with E-state index in [2.05, 4.69) is 13.5 Å². The van der Waals surface area contributed by atoms with Crippen LogP contribution in [0.1, 0.15) is 122 Å². The number of carbonyl (C=O) groups excluding carboxylic acids is 1. The molecule has 0 aliphatic carbocycles. The number of allylic oxidation sites excluding steroid dienone is 1. The number of unbranched alkanes of at least 4 members (excludes halogenated alkanes) is 16. The number of rotatable bonds is 19. The summed E-state index contributed by atoms with van der Waals surface area (Å²) in [5.41, 5.74) is 0.631. The molecule has 0 aromatic carbocycles. The van der Waals surface area contributed by atoms with Gasteiger partial charge < -0.3 is 0 Å². The Hall–Kier alpha value is -0.590. The molecule has 0 aliphatic rings. The van der Waals surface area contributed by atoms with Crippen molar-refractivity contribution in [3.63, 3.8) is 0 Å². The standard InChI is InChI=1S/C22H41O/c1-3-4-5-6-7-8-9-10-11-12-13-14-15-16-17-18-19-20-22(2)21-23/h2-20H2,1H3. The van der Waals surface area contributed by atoms with Crippen LogP contribution in [0.15, 0.2) is 12.2 Å². The minimum Gasteiger partial charge on any atom is -0.285 e. The molecule has 0 rings (SSSR count). The molecule has 0 saturated carbocycles. The minimum atomic E-state index is 0.631. The molecule has 1 nitrogen and oxygen atoms in total. The molecule has 23 heavy (non-hydrogen) atoms. The van der Waals surface area contributed by atoms with Crippen molar-refractivity contribution in [1.82, 2.24) is 0 Å².